The first-order valence-electron chi connectivity index (χ1n) is 15.2. The van der Waals surface area contributed by atoms with Gasteiger partial charge in [0.2, 0.25) is 10.0 Å². The van der Waals surface area contributed by atoms with Gasteiger partial charge >= 0.3 is 5.97 Å². The lowest BCUT2D eigenvalue weighted by Gasteiger charge is -2.15. The third kappa shape index (κ3) is 7.27. The molecule has 0 amide bonds. The highest BCUT2D eigenvalue weighted by Crippen LogP contribution is 2.40. The van der Waals surface area contributed by atoms with E-state index in [1.807, 2.05) is 6.07 Å². The van der Waals surface area contributed by atoms with Crippen LogP contribution in [0.4, 0.5) is 4.39 Å². The van der Waals surface area contributed by atoms with E-state index in [2.05, 4.69) is 57.9 Å². The van der Waals surface area contributed by atoms with E-state index in [4.69, 9.17) is 9.88 Å². The van der Waals surface area contributed by atoms with E-state index >= 15 is 0 Å². The van der Waals surface area contributed by atoms with Crippen LogP contribution in [0.3, 0.4) is 0 Å². The summed E-state index contributed by atoms with van der Waals surface area (Å²) in [6, 6.07) is 14.6. The second kappa shape index (κ2) is 13.0. The second-order valence-electron chi connectivity index (χ2n) is 12.0. The van der Waals surface area contributed by atoms with E-state index in [-0.39, 0.29) is 12.3 Å². The molecular weight excluding hydrogens is 612 g/mol. The zero-order chi connectivity index (χ0) is 31.7. The molecule has 2 fully saturated rings. The number of thiazole rings is 1. The Morgan fingerprint density at radius 3 is 2.69 bits per heavy atom. The summed E-state index contributed by atoms with van der Waals surface area (Å²) in [5.41, 5.74) is 5.81. The summed E-state index contributed by atoms with van der Waals surface area (Å²) in [6.07, 6.45) is 8.21. The minimum atomic E-state index is -4.18. The lowest BCUT2D eigenvalue weighted by molar-refractivity contribution is 0.0520. The van der Waals surface area contributed by atoms with Crippen LogP contribution in [0, 0.1) is 17.7 Å². The molecule has 11 heteroatoms. The molecule has 6 rings (SSSR count). The number of nitrogens with zero attached hydrogens (tertiary/aromatic N) is 3. The summed E-state index contributed by atoms with van der Waals surface area (Å²) in [5.74, 6) is -0.304. The van der Waals surface area contributed by atoms with Crippen molar-refractivity contribution in [2.24, 2.45) is 17.0 Å². The highest BCUT2D eigenvalue weighted by molar-refractivity contribution is 7.89. The molecule has 1 aliphatic carbocycles. The average molecular weight is 649 g/mol. The van der Waals surface area contributed by atoms with Gasteiger partial charge in [0.15, 0.2) is 5.69 Å². The van der Waals surface area contributed by atoms with Gasteiger partial charge in [0.05, 0.1) is 12.3 Å². The number of aromatic nitrogens is 2. The van der Waals surface area contributed by atoms with Crippen molar-refractivity contribution in [2.75, 3.05) is 26.7 Å². The number of hydrogen-bond donors (Lipinski definition) is 1. The molecule has 1 aliphatic heterocycles. The van der Waals surface area contributed by atoms with Crippen molar-refractivity contribution in [2.45, 2.75) is 44.0 Å². The number of likely N-dealkylation sites (tertiary alicyclic amines) is 1. The summed E-state index contributed by atoms with van der Waals surface area (Å²) in [7, 11) is -2.04. The van der Waals surface area contributed by atoms with Crippen molar-refractivity contribution in [3.63, 3.8) is 0 Å². The van der Waals surface area contributed by atoms with Gasteiger partial charge in [-0.05, 0) is 92.6 Å². The molecule has 4 aromatic rings. The number of hydrogen-bond acceptors (Lipinski definition) is 7. The number of rotatable bonds is 11. The molecule has 45 heavy (non-hydrogen) atoms. The molecule has 2 aliphatic rings. The smallest absolute Gasteiger partial charge is 0.357 e. The molecule has 2 aromatic carbocycles. The molecule has 8 nitrogen and oxygen atoms in total. The molecular formula is C34H37FN4O4S2. The fourth-order valence-electron chi connectivity index (χ4n) is 5.93. The minimum absolute atomic E-state index is 0.265. The third-order valence-corrected chi connectivity index (χ3v) is 10.2. The maximum atomic E-state index is 15.0. The molecule has 1 atom stereocenters. The van der Waals surface area contributed by atoms with Crippen molar-refractivity contribution in [3.05, 3.63) is 88.3 Å². The first kappa shape index (κ1) is 31.3. The van der Waals surface area contributed by atoms with Crippen molar-refractivity contribution in [1.29, 1.82) is 0 Å². The molecule has 0 radical (unpaired) electrons. The van der Waals surface area contributed by atoms with Gasteiger partial charge in [-0.25, -0.2) is 27.7 Å². The van der Waals surface area contributed by atoms with Crippen LogP contribution in [0.2, 0.25) is 0 Å². The number of sulfonamides is 1. The Kier molecular flexibility index (Phi) is 9.05. The highest BCUT2D eigenvalue weighted by Gasteiger charge is 2.28. The Balaban J connectivity index is 1.45. The highest BCUT2D eigenvalue weighted by atomic mass is 32.2. The Morgan fingerprint density at radius 1 is 1.18 bits per heavy atom. The predicted octanol–water partition coefficient (Wildman–Crippen LogP) is 6.21. The Labute approximate surface area is 267 Å². The Hall–Kier alpha value is -3.64. The van der Waals surface area contributed by atoms with Crippen LogP contribution >= 0.6 is 11.3 Å². The van der Waals surface area contributed by atoms with Crippen LogP contribution in [-0.2, 0) is 27.7 Å². The maximum absolute atomic E-state index is 15.0. The summed E-state index contributed by atoms with van der Waals surface area (Å²) in [5, 5.41) is 7.64. The number of esters is 1. The number of ether oxygens (including phenoxy) is 1. The van der Waals surface area contributed by atoms with E-state index in [1.54, 1.807) is 18.4 Å². The summed E-state index contributed by atoms with van der Waals surface area (Å²) in [4.78, 5) is 18.9. The van der Waals surface area contributed by atoms with Crippen molar-refractivity contribution in [1.82, 2.24) is 14.5 Å². The van der Waals surface area contributed by atoms with E-state index in [0.29, 0.717) is 28.8 Å². The largest absolute Gasteiger partial charge is 0.461 e. The van der Waals surface area contributed by atoms with Gasteiger partial charge in [0.25, 0.3) is 0 Å². The molecule has 2 aromatic heterocycles. The summed E-state index contributed by atoms with van der Waals surface area (Å²) < 4.78 is 46.1. The van der Waals surface area contributed by atoms with Crippen LogP contribution in [0.5, 0.6) is 0 Å². The van der Waals surface area contributed by atoms with E-state index in [9.17, 15) is 17.6 Å². The number of benzene rings is 2. The monoisotopic (exact) mass is 648 g/mol. The molecule has 1 saturated heterocycles. The second-order valence-corrected chi connectivity index (χ2v) is 14.4. The zero-order valence-corrected chi connectivity index (χ0v) is 27.0. The van der Waals surface area contributed by atoms with Gasteiger partial charge in [-0.2, -0.15) is 0 Å². The van der Waals surface area contributed by atoms with E-state index < -0.39 is 26.7 Å². The van der Waals surface area contributed by atoms with Gasteiger partial charge in [-0.3, -0.25) is 0 Å². The number of primary sulfonamides is 1. The SMILES string of the molecule is CCOC(=O)c1csc(-c2cc(-c3cccc(C=CC4CCN(C)C4)c3)c(Cc3ccc(S(N)(=O)=O)c(F)c3)n2CC2CC2)n1. The van der Waals surface area contributed by atoms with Gasteiger partial charge < -0.3 is 14.2 Å². The van der Waals surface area contributed by atoms with Crippen molar-refractivity contribution in [3.8, 4) is 21.8 Å². The van der Waals surface area contributed by atoms with Gasteiger partial charge in [0, 0.05) is 36.1 Å². The van der Waals surface area contributed by atoms with Crippen LogP contribution in [0.1, 0.15) is 53.5 Å². The third-order valence-electron chi connectivity index (χ3n) is 8.41. The lowest BCUT2D eigenvalue weighted by atomic mass is 9.98. The summed E-state index contributed by atoms with van der Waals surface area (Å²) >= 11 is 1.39. The number of carbonyl (C=O) groups excluding carboxylic acids is 1. The molecule has 0 spiro atoms. The molecule has 1 unspecified atom stereocenters. The predicted molar refractivity (Wildman–Crippen MR) is 175 cm³/mol. The number of halogens is 1. The maximum Gasteiger partial charge on any atom is 0.357 e. The number of carbonyl (C=O) groups is 1. The molecule has 3 heterocycles. The lowest BCUT2D eigenvalue weighted by Crippen LogP contribution is -2.14. The normalized spacial score (nSPS) is 17.4. The van der Waals surface area contributed by atoms with Crippen molar-refractivity contribution >= 4 is 33.4 Å². The first-order valence-corrected chi connectivity index (χ1v) is 17.7. The molecule has 1 saturated carbocycles. The van der Waals surface area contributed by atoms with Gasteiger partial charge in [-0.1, -0.05) is 36.4 Å². The van der Waals surface area contributed by atoms with E-state index in [0.717, 1.165) is 67.0 Å². The topological polar surface area (TPSA) is 108 Å². The van der Waals surface area contributed by atoms with Gasteiger partial charge in [-0.15, -0.1) is 11.3 Å². The molecule has 0 bridgehead atoms. The van der Waals surface area contributed by atoms with Gasteiger partial charge in [0.1, 0.15) is 15.7 Å². The fraction of sp³-hybridized carbons (Fsp3) is 0.353. The van der Waals surface area contributed by atoms with Crippen LogP contribution < -0.4 is 5.14 Å². The average Bonchev–Trinajstić information content (AvgIpc) is 3.34. The quantitative estimate of drug-likeness (QED) is 0.194. The van der Waals surface area contributed by atoms with Crippen molar-refractivity contribution < 1.29 is 22.3 Å². The van der Waals surface area contributed by atoms with Crippen LogP contribution in [-0.4, -0.2) is 55.6 Å². The minimum Gasteiger partial charge on any atom is -0.461 e. The standard InChI is InChI=1S/C34H37FN4O4S2/c1-3-43-34(40)29-21-44-33(37-29)31-18-27(26-6-4-5-22(15-26)7-8-24-13-14-38(2)19-24)30(39(31)20-23-9-10-23)17-25-11-12-32(28(35)16-25)45(36,41)42/h4-8,11-12,15-16,18,21,23-24H,3,9-10,13-14,17,19-20H2,1-2H3,(H2,36,41,42). The van der Waals surface area contributed by atoms with Crippen LogP contribution in [0.25, 0.3) is 27.9 Å². The first-order chi connectivity index (χ1) is 21.6. The summed E-state index contributed by atoms with van der Waals surface area (Å²) in [6.45, 7) is 4.93. The van der Waals surface area contributed by atoms with E-state index in [1.165, 1.54) is 23.5 Å². The van der Waals surface area contributed by atoms with Crippen LogP contribution in [0.15, 0.2) is 64.9 Å². The number of nitrogens with two attached hydrogens (primary N) is 1. The molecule has 2 N–H and O–H groups in total. The Bertz CT molecular complexity index is 1860. The Morgan fingerprint density at radius 2 is 2.00 bits per heavy atom. The fourth-order valence-corrected chi connectivity index (χ4v) is 7.33. The molecule has 236 valence electrons. The zero-order valence-electron chi connectivity index (χ0n) is 25.4.